The van der Waals surface area contributed by atoms with Crippen LogP contribution in [0.1, 0.15) is 13.8 Å². The van der Waals surface area contributed by atoms with Crippen molar-refractivity contribution >= 4 is 16.5 Å². The zero-order valence-corrected chi connectivity index (χ0v) is 12.6. The van der Waals surface area contributed by atoms with Gasteiger partial charge in [-0.3, -0.25) is 4.79 Å². The lowest BCUT2D eigenvalue weighted by atomic mass is 10.1. The Hall–Kier alpha value is -2.01. The Morgan fingerprint density at radius 1 is 1.24 bits per heavy atom. The first-order chi connectivity index (χ1) is 10.1. The number of methoxy groups -OCH3 is 1. The van der Waals surface area contributed by atoms with Gasteiger partial charge in [0.05, 0.1) is 25.0 Å². The van der Waals surface area contributed by atoms with Crippen LogP contribution >= 0.6 is 0 Å². The van der Waals surface area contributed by atoms with E-state index in [9.17, 15) is 4.79 Å². The number of rotatable bonds is 2. The monoisotopic (exact) mass is 288 g/mol. The number of pyridine rings is 1. The van der Waals surface area contributed by atoms with Crippen LogP contribution in [-0.4, -0.2) is 37.4 Å². The molecule has 1 aliphatic heterocycles. The number of aromatic nitrogens is 1. The Balaban J connectivity index is 2.13. The van der Waals surface area contributed by atoms with Crippen LogP contribution in [0.25, 0.3) is 10.8 Å². The van der Waals surface area contributed by atoms with Gasteiger partial charge in [-0.2, -0.15) is 0 Å². The second-order valence-corrected chi connectivity index (χ2v) is 5.58. The third kappa shape index (κ3) is 2.61. The first-order valence-electron chi connectivity index (χ1n) is 7.18. The van der Waals surface area contributed by atoms with E-state index in [-0.39, 0.29) is 17.8 Å². The number of aromatic amines is 1. The van der Waals surface area contributed by atoms with Gasteiger partial charge in [0.15, 0.2) is 0 Å². The molecule has 2 heterocycles. The van der Waals surface area contributed by atoms with Gasteiger partial charge in [-0.15, -0.1) is 0 Å². The smallest absolute Gasteiger partial charge is 0.255 e. The number of fused-ring (bicyclic) bond motifs is 1. The average molecular weight is 288 g/mol. The molecular weight excluding hydrogens is 268 g/mol. The molecule has 2 aromatic rings. The van der Waals surface area contributed by atoms with Crippen LogP contribution in [0.4, 0.5) is 5.69 Å². The molecule has 0 amide bonds. The molecule has 21 heavy (non-hydrogen) atoms. The van der Waals surface area contributed by atoms with E-state index >= 15 is 0 Å². The maximum atomic E-state index is 12.0. The summed E-state index contributed by atoms with van der Waals surface area (Å²) in [5.74, 6) is 0.753. The maximum absolute atomic E-state index is 12.0. The molecule has 1 saturated heterocycles. The van der Waals surface area contributed by atoms with Crippen LogP contribution in [0, 0.1) is 0 Å². The molecule has 1 N–H and O–H groups in total. The van der Waals surface area contributed by atoms with Crippen LogP contribution < -0.4 is 15.2 Å². The minimum atomic E-state index is -0.0780. The van der Waals surface area contributed by atoms with Gasteiger partial charge in [0.1, 0.15) is 5.75 Å². The predicted octanol–water partition coefficient (Wildman–Crippen LogP) is 2.15. The van der Waals surface area contributed by atoms with Crippen molar-refractivity contribution in [1.29, 1.82) is 0 Å². The largest absolute Gasteiger partial charge is 0.497 e. The van der Waals surface area contributed by atoms with Crippen molar-refractivity contribution in [1.82, 2.24) is 4.98 Å². The quantitative estimate of drug-likeness (QED) is 0.920. The molecule has 0 aliphatic carbocycles. The first kappa shape index (κ1) is 13.9. The van der Waals surface area contributed by atoms with E-state index in [1.165, 1.54) is 0 Å². The molecule has 0 spiro atoms. The Bertz CT molecular complexity index is 700. The summed E-state index contributed by atoms with van der Waals surface area (Å²) in [6, 6.07) is 5.54. The van der Waals surface area contributed by atoms with Crippen LogP contribution in [0.15, 0.2) is 29.2 Å². The van der Waals surface area contributed by atoms with Gasteiger partial charge in [0.2, 0.25) is 0 Å². The molecule has 5 nitrogen and oxygen atoms in total. The van der Waals surface area contributed by atoms with E-state index in [0.717, 1.165) is 29.9 Å². The minimum Gasteiger partial charge on any atom is -0.497 e. The van der Waals surface area contributed by atoms with Crippen molar-refractivity contribution in [3.8, 4) is 5.75 Å². The highest BCUT2D eigenvalue weighted by atomic mass is 16.5. The lowest BCUT2D eigenvalue weighted by Gasteiger charge is -2.37. The Morgan fingerprint density at radius 3 is 2.62 bits per heavy atom. The number of benzene rings is 1. The molecule has 0 unspecified atom stereocenters. The Morgan fingerprint density at radius 2 is 1.95 bits per heavy atom. The molecule has 0 radical (unpaired) electrons. The maximum Gasteiger partial charge on any atom is 0.255 e. The zero-order chi connectivity index (χ0) is 15.0. The van der Waals surface area contributed by atoms with E-state index in [4.69, 9.17) is 9.47 Å². The Kier molecular flexibility index (Phi) is 3.59. The van der Waals surface area contributed by atoms with Crippen LogP contribution in [0.5, 0.6) is 5.75 Å². The van der Waals surface area contributed by atoms with E-state index in [1.54, 1.807) is 13.3 Å². The number of ether oxygens (including phenoxy) is 2. The highest BCUT2D eigenvalue weighted by Crippen LogP contribution is 2.29. The summed E-state index contributed by atoms with van der Waals surface area (Å²) in [6.45, 7) is 5.75. The van der Waals surface area contributed by atoms with E-state index < -0.39 is 0 Å². The summed E-state index contributed by atoms with van der Waals surface area (Å²) in [5, 5.41) is 1.60. The van der Waals surface area contributed by atoms with Gasteiger partial charge in [-0.1, -0.05) is 0 Å². The molecule has 0 saturated carbocycles. The van der Waals surface area contributed by atoms with Crippen molar-refractivity contribution in [2.45, 2.75) is 26.1 Å². The fourth-order valence-corrected chi connectivity index (χ4v) is 2.99. The standard InChI is InChI=1S/C16H20N2O3/c1-10-8-18(9-11(2)21-10)15-7-17-16(19)13-5-4-12(20-3)6-14(13)15/h4-7,10-11H,8-9H2,1-3H3,(H,17,19)/t10-,11+. The lowest BCUT2D eigenvalue weighted by Crippen LogP contribution is -2.45. The zero-order valence-electron chi connectivity index (χ0n) is 12.6. The van der Waals surface area contributed by atoms with Crippen LogP contribution in [0.3, 0.4) is 0 Å². The summed E-state index contributed by atoms with van der Waals surface area (Å²) in [5.41, 5.74) is 0.941. The molecule has 1 fully saturated rings. The lowest BCUT2D eigenvalue weighted by molar-refractivity contribution is -0.00514. The number of hydrogen-bond donors (Lipinski definition) is 1. The summed E-state index contributed by atoms with van der Waals surface area (Å²) in [6.07, 6.45) is 2.12. The van der Waals surface area contributed by atoms with Gasteiger partial charge in [-0.25, -0.2) is 0 Å². The number of anilines is 1. The van der Waals surface area contributed by atoms with Crippen molar-refractivity contribution in [2.75, 3.05) is 25.1 Å². The van der Waals surface area contributed by atoms with Gasteiger partial charge in [0.25, 0.3) is 5.56 Å². The fraction of sp³-hybridized carbons (Fsp3) is 0.438. The highest BCUT2D eigenvalue weighted by molar-refractivity contribution is 5.94. The molecule has 2 atom stereocenters. The average Bonchev–Trinajstić information content (AvgIpc) is 2.46. The Labute approximate surface area is 123 Å². The number of nitrogens with one attached hydrogen (secondary N) is 1. The second-order valence-electron chi connectivity index (χ2n) is 5.58. The first-order valence-corrected chi connectivity index (χ1v) is 7.18. The molecule has 1 aromatic carbocycles. The van der Waals surface area contributed by atoms with Gasteiger partial charge in [0, 0.05) is 30.1 Å². The molecule has 5 heteroatoms. The predicted molar refractivity (Wildman–Crippen MR) is 83.3 cm³/mol. The minimum absolute atomic E-state index is 0.0780. The molecule has 0 bridgehead atoms. The summed E-state index contributed by atoms with van der Waals surface area (Å²) in [4.78, 5) is 17.1. The van der Waals surface area contributed by atoms with Crippen molar-refractivity contribution in [3.63, 3.8) is 0 Å². The summed E-state index contributed by atoms with van der Waals surface area (Å²) >= 11 is 0. The molecule has 3 rings (SSSR count). The SMILES string of the molecule is COc1ccc2c(=O)[nH]cc(N3C[C@@H](C)O[C@@H](C)C3)c2c1. The van der Waals surface area contributed by atoms with E-state index in [1.807, 2.05) is 18.2 Å². The number of hydrogen-bond acceptors (Lipinski definition) is 4. The third-order valence-electron chi connectivity index (χ3n) is 3.85. The van der Waals surface area contributed by atoms with Crippen LogP contribution in [-0.2, 0) is 4.74 Å². The number of H-pyrrole nitrogens is 1. The van der Waals surface area contributed by atoms with Crippen molar-refractivity contribution < 1.29 is 9.47 Å². The van der Waals surface area contributed by atoms with E-state index in [0.29, 0.717) is 5.39 Å². The fourth-order valence-electron chi connectivity index (χ4n) is 2.99. The normalized spacial score (nSPS) is 22.5. The highest BCUT2D eigenvalue weighted by Gasteiger charge is 2.24. The van der Waals surface area contributed by atoms with Crippen molar-refractivity contribution in [3.05, 3.63) is 34.7 Å². The van der Waals surface area contributed by atoms with Gasteiger partial charge >= 0.3 is 0 Å². The van der Waals surface area contributed by atoms with Crippen LogP contribution in [0.2, 0.25) is 0 Å². The number of nitrogens with zero attached hydrogens (tertiary/aromatic N) is 1. The summed E-state index contributed by atoms with van der Waals surface area (Å²) < 4.78 is 11.1. The van der Waals surface area contributed by atoms with Crippen molar-refractivity contribution in [2.24, 2.45) is 0 Å². The molecular formula is C16H20N2O3. The molecule has 1 aromatic heterocycles. The van der Waals surface area contributed by atoms with Gasteiger partial charge in [-0.05, 0) is 32.0 Å². The van der Waals surface area contributed by atoms with Gasteiger partial charge < -0.3 is 19.4 Å². The second kappa shape index (κ2) is 5.41. The van der Waals surface area contributed by atoms with E-state index in [2.05, 4.69) is 23.7 Å². The molecule has 112 valence electrons. The molecule has 1 aliphatic rings. The summed E-state index contributed by atoms with van der Waals surface area (Å²) in [7, 11) is 1.63. The number of morpholine rings is 1. The third-order valence-corrected chi connectivity index (χ3v) is 3.85. The topological polar surface area (TPSA) is 54.6 Å².